The normalized spacial score (nSPS) is 17.8. The minimum Gasteiger partial charge on any atom is -0.481 e. The van der Waals surface area contributed by atoms with Crippen molar-refractivity contribution >= 4 is 10.9 Å². The van der Waals surface area contributed by atoms with Gasteiger partial charge in [-0.2, -0.15) is 0 Å². The highest BCUT2D eigenvalue weighted by Gasteiger charge is 2.28. The predicted octanol–water partition coefficient (Wildman–Crippen LogP) is 3.87. The summed E-state index contributed by atoms with van der Waals surface area (Å²) in [6.45, 7) is 0. The highest BCUT2D eigenvalue weighted by atomic mass is 16.5. The molecular formula is C18H23NO2. The number of ether oxygens (including phenoxy) is 1. The molecular weight excluding hydrogens is 262 g/mol. The van der Waals surface area contributed by atoms with E-state index in [9.17, 15) is 5.11 Å². The van der Waals surface area contributed by atoms with Gasteiger partial charge >= 0.3 is 0 Å². The molecule has 21 heavy (non-hydrogen) atoms. The van der Waals surface area contributed by atoms with Crippen LogP contribution in [0.25, 0.3) is 10.9 Å². The molecule has 1 heterocycles. The summed E-state index contributed by atoms with van der Waals surface area (Å²) in [7, 11) is 1.64. The van der Waals surface area contributed by atoms with Crippen LogP contribution >= 0.6 is 0 Å². The van der Waals surface area contributed by atoms with Gasteiger partial charge in [-0.3, -0.25) is 0 Å². The van der Waals surface area contributed by atoms with Crippen LogP contribution in [0.3, 0.4) is 0 Å². The van der Waals surface area contributed by atoms with E-state index in [2.05, 4.69) is 23.2 Å². The molecule has 0 amide bonds. The maximum atomic E-state index is 10.7. The molecule has 1 saturated carbocycles. The lowest BCUT2D eigenvalue weighted by molar-refractivity contribution is -0.00335. The van der Waals surface area contributed by atoms with Crippen molar-refractivity contribution in [2.24, 2.45) is 0 Å². The number of hydrogen-bond acceptors (Lipinski definition) is 3. The van der Waals surface area contributed by atoms with Crippen molar-refractivity contribution in [1.29, 1.82) is 0 Å². The predicted molar refractivity (Wildman–Crippen MR) is 84.7 cm³/mol. The van der Waals surface area contributed by atoms with E-state index < -0.39 is 5.60 Å². The first-order valence-corrected chi connectivity index (χ1v) is 7.85. The molecule has 1 aliphatic rings. The van der Waals surface area contributed by atoms with Gasteiger partial charge in [0.2, 0.25) is 5.88 Å². The zero-order valence-electron chi connectivity index (χ0n) is 12.6. The Kier molecular flexibility index (Phi) is 4.11. The maximum Gasteiger partial charge on any atom is 0.213 e. The van der Waals surface area contributed by atoms with E-state index in [0.717, 1.165) is 49.4 Å². The molecule has 2 aromatic rings. The van der Waals surface area contributed by atoms with Crippen molar-refractivity contribution in [2.45, 2.75) is 50.5 Å². The third-order valence-corrected chi connectivity index (χ3v) is 4.63. The van der Waals surface area contributed by atoms with E-state index in [0.29, 0.717) is 5.88 Å². The van der Waals surface area contributed by atoms with Crippen LogP contribution in [-0.2, 0) is 6.42 Å². The largest absolute Gasteiger partial charge is 0.481 e. The summed E-state index contributed by atoms with van der Waals surface area (Å²) in [5.74, 6) is 0.645. The smallest absolute Gasteiger partial charge is 0.213 e. The lowest BCUT2D eigenvalue weighted by Crippen LogP contribution is -2.31. The first-order chi connectivity index (χ1) is 10.2. The molecule has 3 heteroatoms. The third kappa shape index (κ3) is 3.18. The molecule has 0 saturated heterocycles. The Morgan fingerprint density at radius 1 is 1.14 bits per heavy atom. The molecule has 0 radical (unpaired) electrons. The molecule has 1 fully saturated rings. The Morgan fingerprint density at radius 2 is 1.95 bits per heavy atom. The van der Waals surface area contributed by atoms with Crippen LogP contribution in [-0.4, -0.2) is 22.8 Å². The van der Waals surface area contributed by atoms with Gasteiger partial charge in [0.1, 0.15) is 0 Å². The molecule has 0 unspecified atom stereocenters. The Bertz CT molecular complexity index is 618. The van der Waals surface area contributed by atoms with Crippen LogP contribution in [0.5, 0.6) is 5.88 Å². The monoisotopic (exact) mass is 285 g/mol. The number of benzene rings is 1. The van der Waals surface area contributed by atoms with E-state index in [1.54, 1.807) is 7.11 Å². The number of rotatable bonds is 4. The van der Waals surface area contributed by atoms with Gasteiger partial charge in [-0.05, 0) is 37.3 Å². The second-order valence-electron chi connectivity index (χ2n) is 6.13. The van der Waals surface area contributed by atoms with E-state index in [4.69, 9.17) is 4.74 Å². The molecule has 3 rings (SSSR count). The fourth-order valence-corrected chi connectivity index (χ4v) is 3.33. The van der Waals surface area contributed by atoms with Crippen LogP contribution in [0.4, 0.5) is 0 Å². The van der Waals surface area contributed by atoms with Gasteiger partial charge in [-0.25, -0.2) is 4.98 Å². The minimum absolute atomic E-state index is 0.473. The second-order valence-corrected chi connectivity index (χ2v) is 6.13. The van der Waals surface area contributed by atoms with Crippen LogP contribution < -0.4 is 4.74 Å². The van der Waals surface area contributed by atoms with E-state index in [1.165, 1.54) is 12.0 Å². The van der Waals surface area contributed by atoms with Gasteiger partial charge in [-0.15, -0.1) is 0 Å². The topological polar surface area (TPSA) is 42.4 Å². The first kappa shape index (κ1) is 14.3. The fraction of sp³-hybridized carbons (Fsp3) is 0.500. The van der Waals surface area contributed by atoms with Gasteiger partial charge in [0.15, 0.2) is 0 Å². The lowest BCUT2D eigenvalue weighted by atomic mass is 9.81. The molecule has 1 aromatic carbocycles. The minimum atomic E-state index is -0.473. The molecule has 1 aliphatic carbocycles. The number of fused-ring (bicyclic) bond motifs is 1. The van der Waals surface area contributed by atoms with Gasteiger partial charge in [0.05, 0.1) is 18.2 Å². The highest BCUT2D eigenvalue weighted by Crippen LogP contribution is 2.32. The number of hydrogen-bond donors (Lipinski definition) is 1. The highest BCUT2D eigenvalue weighted by molar-refractivity contribution is 5.82. The molecule has 0 aliphatic heterocycles. The van der Waals surface area contributed by atoms with Crippen LogP contribution in [0, 0.1) is 0 Å². The van der Waals surface area contributed by atoms with Gasteiger partial charge in [-0.1, -0.05) is 37.5 Å². The Hall–Kier alpha value is -1.61. The molecule has 1 N–H and O–H groups in total. The zero-order valence-corrected chi connectivity index (χ0v) is 12.6. The Morgan fingerprint density at radius 3 is 2.71 bits per heavy atom. The van der Waals surface area contributed by atoms with E-state index in [1.807, 2.05) is 12.1 Å². The summed E-state index contributed by atoms with van der Waals surface area (Å²) in [5, 5.41) is 11.8. The van der Waals surface area contributed by atoms with Gasteiger partial charge in [0, 0.05) is 11.5 Å². The van der Waals surface area contributed by atoms with Crippen LogP contribution in [0.1, 0.15) is 44.1 Å². The van der Waals surface area contributed by atoms with Gasteiger partial charge < -0.3 is 9.84 Å². The molecule has 112 valence electrons. The quantitative estimate of drug-likeness (QED) is 0.927. The average Bonchev–Trinajstić information content (AvgIpc) is 2.53. The van der Waals surface area contributed by atoms with E-state index in [-0.39, 0.29) is 0 Å². The first-order valence-electron chi connectivity index (χ1n) is 7.85. The van der Waals surface area contributed by atoms with Crippen molar-refractivity contribution in [3.63, 3.8) is 0 Å². The van der Waals surface area contributed by atoms with Crippen molar-refractivity contribution in [2.75, 3.05) is 7.11 Å². The van der Waals surface area contributed by atoms with E-state index >= 15 is 0 Å². The standard InChI is InChI=1S/C18H23NO2/c1-21-16-9-8-14-6-5-7-15(17(14)19-16)10-13-18(20)11-3-2-4-12-18/h5-9,20H,2-4,10-13H2,1H3. The molecule has 3 nitrogen and oxygen atoms in total. The molecule has 0 atom stereocenters. The summed E-state index contributed by atoms with van der Waals surface area (Å²) in [6, 6.07) is 10.2. The van der Waals surface area contributed by atoms with Crippen LogP contribution in [0.2, 0.25) is 0 Å². The second kappa shape index (κ2) is 6.02. The van der Waals surface area contributed by atoms with Gasteiger partial charge in [0.25, 0.3) is 0 Å². The van der Waals surface area contributed by atoms with Crippen molar-refractivity contribution in [1.82, 2.24) is 4.98 Å². The third-order valence-electron chi connectivity index (χ3n) is 4.63. The van der Waals surface area contributed by atoms with Crippen molar-refractivity contribution < 1.29 is 9.84 Å². The Labute approximate surface area is 126 Å². The number of methoxy groups -OCH3 is 1. The van der Waals surface area contributed by atoms with Crippen molar-refractivity contribution in [3.05, 3.63) is 35.9 Å². The number of nitrogens with zero attached hydrogens (tertiary/aromatic N) is 1. The Balaban J connectivity index is 1.82. The summed E-state index contributed by atoms with van der Waals surface area (Å²) >= 11 is 0. The summed E-state index contributed by atoms with van der Waals surface area (Å²) in [5.41, 5.74) is 1.72. The fourth-order valence-electron chi connectivity index (χ4n) is 3.33. The number of pyridine rings is 1. The summed E-state index contributed by atoms with van der Waals surface area (Å²) in [6.07, 6.45) is 7.13. The average molecular weight is 285 g/mol. The maximum absolute atomic E-state index is 10.7. The van der Waals surface area contributed by atoms with Crippen LogP contribution in [0.15, 0.2) is 30.3 Å². The van der Waals surface area contributed by atoms with Crippen molar-refractivity contribution in [3.8, 4) is 5.88 Å². The lowest BCUT2D eigenvalue weighted by Gasteiger charge is -2.32. The summed E-state index contributed by atoms with van der Waals surface area (Å²) < 4.78 is 5.23. The number of para-hydroxylation sites is 1. The number of aryl methyl sites for hydroxylation is 1. The summed E-state index contributed by atoms with van der Waals surface area (Å²) in [4.78, 5) is 4.58. The molecule has 0 spiro atoms. The molecule has 1 aromatic heterocycles. The number of aliphatic hydroxyl groups is 1. The zero-order chi connectivity index (χ0) is 14.7. The SMILES string of the molecule is COc1ccc2cccc(CCC3(O)CCCCC3)c2n1. The number of aromatic nitrogens is 1. The molecule has 0 bridgehead atoms.